The van der Waals surface area contributed by atoms with E-state index in [1.165, 1.54) is 0 Å². The summed E-state index contributed by atoms with van der Waals surface area (Å²) in [5.74, 6) is -0.0432. The molecule has 1 aromatic carbocycles. The Morgan fingerprint density at radius 2 is 2.08 bits per heavy atom. The fraction of sp³-hybridized carbons (Fsp3) is 0.263. The highest BCUT2D eigenvalue weighted by Gasteiger charge is 2.30. The van der Waals surface area contributed by atoms with E-state index < -0.39 is 0 Å². The standard InChI is InChI=1S/C19H18Cl2N4O/c1-11-14-8-17(21)16(20)7-13(14)3-4-24(11)19(26)15-10-23-25-5-2-12(9-22)6-18(15)25/h2,5-8,10-11H,3-4,9,22H2,1H3. The van der Waals surface area contributed by atoms with Gasteiger partial charge in [-0.2, -0.15) is 5.10 Å². The third-order valence-electron chi connectivity index (χ3n) is 5.03. The second-order valence-corrected chi connectivity index (χ2v) is 7.33. The number of pyridine rings is 1. The van der Waals surface area contributed by atoms with Crippen LogP contribution in [0.4, 0.5) is 0 Å². The molecule has 0 bridgehead atoms. The van der Waals surface area contributed by atoms with Gasteiger partial charge in [0.2, 0.25) is 0 Å². The van der Waals surface area contributed by atoms with Crippen molar-refractivity contribution in [2.75, 3.05) is 6.54 Å². The van der Waals surface area contributed by atoms with Crippen molar-refractivity contribution in [3.05, 3.63) is 69.0 Å². The Labute approximate surface area is 161 Å². The summed E-state index contributed by atoms with van der Waals surface area (Å²) in [5.41, 5.74) is 10.2. The van der Waals surface area contributed by atoms with Crippen molar-refractivity contribution in [1.82, 2.24) is 14.5 Å². The van der Waals surface area contributed by atoms with Gasteiger partial charge in [0, 0.05) is 19.3 Å². The highest BCUT2D eigenvalue weighted by molar-refractivity contribution is 6.42. The van der Waals surface area contributed by atoms with E-state index in [4.69, 9.17) is 28.9 Å². The number of amides is 1. The Morgan fingerprint density at radius 1 is 1.31 bits per heavy atom. The zero-order chi connectivity index (χ0) is 18.4. The van der Waals surface area contributed by atoms with Crippen molar-refractivity contribution in [3.63, 3.8) is 0 Å². The predicted octanol–water partition coefficient (Wildman–Crippen LogP) is 3.86. The SMILES string of the molecule is CC1c2cc(Cl)c(Cl)cc2CCN1C(=O)c1cnn2ccc(CN)cc12. The number of rotatable bonds is 2. The molecule has 4 rings (SSSR count). The number of hydrogen-bond acceptors (Lipinski definition) is 3. The van der Waals surface area contributed by atoms with Crippen molar-refractivity contribution in [3.8, 4) is 0 Å². The highest BCUT2D eigenvalue weighted by Crippen LogP contribution is 2.36. The molecule has 0 radical (unpaired) electrons. The summed E-state index contributed by atoms with van der Waals surface area (Å²) < 4.78 is 1.70. The number of carbonyl (C=O) groups excluding carboxylic acids is 1. The molecule has 0 saturated carbocycles. The van der Waals surface area contributed by atoms with Crippen LogP contribution >= 0.6 is 23.2 Å². The molecular formula is C19H18Cl2N4O. The summed E-state index contributed by atoms with van der Waals surface area (Å²) in [7, 11) is 0. The first kappa shape index (κ1) is 17.3. The number of nitrogens with two attached hydrogens (primary N) is 1. The molecule has 3 heterocycles. The Balaban J connectivity index is 1.72. The van der Waals surface area contributed by atoms with E-state index in [0.717, 1.165) is 28.6 Å². The van der Waals surface area contributed by atoms with Gasteiger partial charge < -0.3 is 10.6 Å². The number of benzene rings is 1. The van der Waals surface area contributed by atoms with E-state index in [-0.39, 0.29) is 11.9 Å². The number of nitrogens with zero attached hydrogens (tertiary/aromatic N) is 3. The van der Waals surface area contributed by atoms with Gasteiger partial charge in [-0.25, -0.2) is 4.52 Å². The number of fused-ring (bicyclic) bond motifs is 2. The number of aromatic nitrogens is 2. The molecule has 1 aliphatic rings. The molecule has 5 nitrogen and oxygen atoms in total. The van der Waals surface area contributed by atoms with E-state index in [9.17, 15) is 4.79 Å². The van der Waals surface area contributed by atoms with Gasteiger partial charge in [-0.05, 0) is 54.3 Å². The smallest absolute Gasteiger partial charge is 0.258 e. The molecule has 0 fully saturated rings. The molecular weight excluding hydrogens is 371 g/mol. The lowest BCUT2D eigenvalue weighted by molar-refractivity contribution is 0.0679. The molecule has 26 heavy (non-hydrogen) atoms. The van der Waals surface area contributed by atoms with E-state index >= 15 is 0 Å². The molecule has 1 atom stereocenters. The molecule has 0 spiro atoms. The molecule has 0 aliphatic carbocycles. The lowest BCUT2D eigenvalue weighted by Gasteiger charge is -2.35. The minimum absolute atomic E-state index is 0.0432. The van der Waals surface area contributed by atoms with Crippen LogP contribution in [0.5, 0.6) is 0 Å². The van der Waals surface area contributed by atoms with E-state index in [1.54, 1.807) is 10.7 Å². The van der Waals surface area contributed by atoms with Crippen LogP contribution in [-0.2, 0) is 13.0 Å². The molecule has 2 aromatic heterocycles. The molecule has 0 saturated heterocycles. The van der Waals surface area contributed by atoms with Crippen molar-refractivity contribution in [2.24, 2.45) is 5.73 Å². The van der Waals surface area contributed by atoms with E-state index in [0.29, 0.717) is 28.7 Å². The Hall–Kier alpha value is -2.08. The fourth-order valence-electron chi connectivity index (χ4n) is 3.56. The van der Waals surface area contributed by atoms with E-state index in [2.05, 4.69) is 5.10 Å². The van der Waals surface area contributed by atoms with Crippen LogP contribution in [0.2, 0.25) is 10.0 Å². The average Bonchev–Trinajstić information content (AvgIpc) is 3.06. The number of hydrogen-bond donors (Lipinski definition) is 1. The van der Waals surface area contributed by atoms with Gasteiger partial charge in [0.25, 0.3) is 5.91 Å². The van der Waals surface area contributed by atoms with Crippen molar-refractivity contribution >= 4 is 34.6 Å². The molecule has 2 N–H and O–H groups in total. The molecule has 7 heteroatoms. The third kappa shape index (κ3) is 2.76. The first-order valence-corrected chi connectivity index (χ1v) is 9.20. The third-order valence-corrected chi connectivity index (χ3v) is 5.76. The Kier molecular flexibility index (Phi) is 4.39. The summed E-state index contributed by atoms with van der Waals surface area (Å²) >= 11 is 12.3. The van der Waals surface area contributed by atoms with Gasteiger partial charge in [0.15, 0.2) is 0 Å². The van der Waals surface area contributed by atoms with Crippen LogP contribution in [0, 0.1) is 0 Å². The quantitative estimate of drug-likeness (QED) is 0.724. The molecule has 1 amide bonds. The second-order valence-electron chi connectivity index (χ2n) is 6.52. The summed E-state index contributed by atoms with van der Waals surface area (Å²) in [6.07, 6.45) is 4.19. The maximum absolute atomic E-state index is 13.2. The zero-order valence-electron chi connectivity index (χ0n) is 14.2. The summed E-state index contributed by atoms with van der Waals surface area (Å²) in [6, 6.07) is 7.50. The Morgan fingerprint density at radius 3 is 2.85 bits per heavy atom. The van der Waals surface area contributed by atoms with Crippen LogP contribution in [0.1, 0.15) is 40.0 Å². The predicted molar refractivity (Wildman–Crippen MR) is 103 cm³/mol. The molecule has 134 valence electrons. The fourth-order valence-corrected chi connectivity index (χ4v) is 3.92. The first-order valence-electron chi connectivity index (χ1n) is 8.44. The van der Waals surface area contributed by atoms with Crippen LogP contribution in [0.25, 0.3) is 5.52 Å². The number of carbonyl (C=O) groups is 1. The summed E-state index contributed by atoms with van der Waals surface area (Å²) in [4.78, 5) is 15.1. The van der Waals surface area contributed by atoms with Crippen LogP contribution in [0.3, 0.4) is 0 Å². The zero-order valence-corrected chi connectivity index (χ0v) is 15.8. The Bertz CT molecular complexity index is 1010. The molecule has 1 unspecified atom stereocenters. The maximum Gasteiger partial charge on any atom is 0.258 e. The topological polar surface area (TPSA) is 63.6 Å². The van der Waals surface area contributed by atoms with Gasteiger partial charge in [-0.3, -0.25) is 4.79 Å². The number of halogens is 2. The van der Waals surface area contributed by atoms with Crippen molar-refractivity contribution in [1.29, 1.82) is 0 Å². The van der Waals surface area contributed by atoms with Crippen molar-refractivity contribution < 1.29 is 4.79 Å². The van der Waals surface area contributed by atoms with Gasteiger partial charge in [-0.1, -0.05) is 23.2 Å². The lowest BCUT2D eigenvalue weighted by atomic mass is 9.93. The monoisotopic (exact) mass is 388 g/mol. The maximum atomic E-state index is 13.2. The summed E-state index contributed by atoms with van der Waals surface area (Å²) in [6.45, 7) is 3.05. The van der Waals surface area contributed by atoms with E-state index in [1.807, 2.05) is 42.3 Å². The molecule has 1 aliphatic heterocycles. The normalized spacial score (nSPS) is 16.8. The van der Waals surface area contributed by atoms with Gasteiger partial charge >= 0.3 is 0 Å². The first-order chi connectivity index (χ1) is 12.5. The van der Waals surface area contributed by atoms with Crippen molar-refractivity contribution in [2.45, 2.75) is 25.9 Å². The minimum atomic E-state index is -0.0892. The van der Waals surface area contributed by atoms with Crippen LogP contribution in [-0.4, -0.2) is 27.0 Å². The second kappa shape index (κ2) is 6.58. The van der Waals surface area contributed by atoms with Gasteiger partial charge in [0.05, 0.1) is 33.4 Å². The van der Waals surface area contributed by atoms with Crippen LogP contribution < -0.4 is 5.73 Å². The van der Waals surface area contributed by atoms with Crippen LogP contribution in [0.15, 0.2) is 36.7 Å². The minimum Gasteiger partial charge on any atom is -0.331 e. The summed E-state index contributed by atoms with van der Waals surface area (Å²) in [5, 5.41) is 5.35. The van der Waals surface area contributed by atoms with Gasteiger partial charge in [-0.15, -0.1) is 0 Å². The molecule has 3 aromatic rings. The highest BCUT2D eigenvalue weighted by atomic mass is 35.5. The lowest BCUT2D eigenvalue weighted by Crippen LogP contribution is -2.38. The average molecular weight is 389 g/mol. The van der Waals surface area contributed by atoms with Gasteiger partial charge in [0.1, 0.15) is 0 Å². The largest absolute Gasteiger partial charge is 0.331 e.